The number of ether oxygens (including phenoxy) is 2. The van der Waals surface area contributed by atoms with Gasteiger partial charge in [0.25, 0.3) is 0 Å². The molecule has 0 aliphatic carbocycles. The minimum Gasteiger partial charge on any atom is -0.490 e. The summed E-state index contributed by atoms with van der Waals surface area (Å²) in [6, 6.07) is 10.8. The van der Waals surface area contributed by atoms with Crippen molar-refractivity contribution in [3.05, 3.63) is 48.0 Å². The highest BCUT2D eigenvalue weighted by Gasteiger charge is 2.26. The number of aryl methyl sites for hydroxylation is 1. The molecular weight excluding hydrogens is 460 g/mol. The van der Waals surface area contributed by atoms with Gasteiger partial charge >= 0.3 is 0 Å². The largest absolute Gasteiger partial charge is 0.490 e. The molecule has 0 fully saturated rings. The number of hydrogen-bond acceptors (Lipinski definition) is 6. The van der Waals surface area contributed by atoms with Crippen LogP contribution in [0.15, 0.2) is 47.4 Å². The lowest BCUT2D eigenvalue weighted by atomic mass is 10.2. The highest BCUT2D eigenvalue weighted by atomic mass is 32.2. The normalized spacial score (nSPS) is 12.2. The van der Waals surface area contributed by atoms with E-state index in [1.54, 1.807) is 42.1 Å². The molecule has 1 atom stereocenters. The molecule has 0 saturated heterocycles. The third-order valence-corrected chi connectivity index (χ3v) is 6.82. The van der Waals surface area contributed by atoms with Gasteiger partial charge in [-0.2, -0.15) is 16.5 Å². The van der Waals surface area contributed by atoms with Gasteiger partial charge in [-0.15, -0.1) is 0 Å². The Kier molecular flexibility index (Phi) is 11.0. The maximum atomic E-state index is 13.0. The Labute approximate surface area is 201 Å². The zero-order valence-electron chi connectivity index (χ0n) is 19.7. The molecule has 2 N–H and O–H groups in total. The van der Waals surface area contributed by atoms with E-state index < -0.39 is 22.0 Å². The molecule has 0 aliphatic rings. The van der Waals surface area contributed by atoms with E-state index >= 15 is 0 Å². The summed E-state index contributed by atoms with van der Waals surface area (Å²) in [6.45, 7) is 7.00. The zero-order valence-corrected chi connectivity index (χ0v) is 21.4. The lowest BCUT2D eigenvalue weighted by Crippen LogP contribution is -2.44. The number of rotatable bonds is 14. The average molecular weight is 495 g/mol. The first-order valence-electron chi connectivity index (χ1n) is 11.1. The smallest absolute Gasteiger partial charge is 0.242 e. The van der Waals surface area contributed by atoms with Crippen LogP contribution in [-0.4, -0.2) is 45.6 Å². The van der Waals surface area contributed by atoms with Gasteiger partial charge in [-0.3, -0.25) is 4.79 Å². The number of hydrogen-bond donors (Lipinski definition) is 2. The molecule has 0 aliphatic heterocycles. The molecule has 2 aromatic rings. The summed E-state index contributed by atoms with van der Waals surface area (Å²) in [7, 11) is -3.85. The number of anilines is 1. The molecule has 0 bridgehead atoms. The molecule has 2 aromatic carbocycles. The number of thioether (sulfide) groups is 1. The second kappa shape index (κ2) is 13.5. The molecule has 7 nitrogen and oxygen atoms in total. The Morgan fingerprint density at radius 3 is 2.24 bits per heavy atom. The van der Waals surface area contributed by atoms with Crippen molar-refractivity contribution >= 4 is 33.4 Å². The summed E-state index contributed by atoms with van der Waals surface area (Å²) in [5, 5.41) is 2.82. The van der Waals surface area contributed by atoms with Crippen LogP contribution in [0.4, 0.5) is 5.69 Å². The van der Waals surface area contributed by atoms with Crippen molar-refractivity contribution in [2.75, 3.05) is 30.5 Å². The van der Waals surface area contributed by atoms with Crippen molar-refractivity contribution in [1.29, 1.82) is 0 Å². The fourth-order valence-electron chi connectivity index (χ4n) is 2.92. The number of carbonyl (C=O) groups excluding carboxylic acids is 1. The summed E-state index contributed by atoms with van der Waals surface area (Å²) in [5.74, 6) is 1.36. The van der Waals surface area contributed by atoms with Crippen molar-refractivity contribution < 1.29 is 22.7 Å². The third kappa shape index (κ3) is 8.57. The van der Waals surface area contributed by atoms with Gasteiger partial charge in [-0.25, -0.2) is 8.42 Å². The van der Waals surface area contributed by atoms with Gasteiger partial charge in [-0.05, 0) is 62.5 Å². The van der Waals surface area contributed by atoms with Crippen molar-refractivity contribution in [3.8, 4) is 11.5 Å². The van der Waals surface area contributed by atoms with Crippen molar-refractivity contribution in [3.63, 3.8) is 0 Å². The standard InChI is InChI=1S/C24H34N2O5S2/c1-5-14-30-22-12-9-19(17-23(22)31-15-6-2)25-24(27)21(13-16-32-4)26-33(28,29)20-10-7-18(3)8-11-20/h7-12,17,21,26H,5-6,13-16H2,1-4H3,(H,25,27). The first-order chi connectivity index (χ1) is 15.8. The quantitative estimate of drug-likeness (QED) is 0.398. The topological polar surface area (TPSA) is 93.7 Å². The Hall–Kier alpha value is -2.23. The highest BCUT2D eigenvalue weighted by molar-refractivity contribution is 7.98. The lowest BCUT2D eigenvalue weighted by Gasteiger charge is -2.19. The first-order valence-corrected chi connectivity index (χ1v) is 14.0. The lowest BCUT2D eigenvalue weighted by molar-refractivity contribution is -0.117. The van der Waals surface area contributed by atoms with Gasteiger partial charge in [-0.1, -0.05) is 31.5 Å². The molecule has 0 aromatic heterocycles. The van der Waals surface area contributed by atoms with Crippen molar-refractivity contribution in [2.24, 2.45) is 0 Å². The number of carbonyl (C=O) groups is 1. The second-order valence-corrected chi connectivity index (χ2v) is 10.3. The second-order valence-electron chi connectivity index (χ2n) is 7.62. The van der Waals surface area contributed by atoms with E-state index in [0.29, 0.717) is 42.6 Å². The maximum absolute atomic E-state index is 13.0. The summed E-state index contributed by atoms with van der Waals surface area (Å²) < 4.78 is 39.8. The van der Waals surface area contributed by atoms with Gasteiger partial charge in [0.2, 0.25) is 15.9 Å². The Bertz CT molecular complexity index is 994. The summed E-state index contributed by atoms with van der Waals surface area (Å²) in [6.07, 6.45) is 3.97. The van der Waals surface area contributed by atoms with Crippen LogP contribution in [0.1, 0.15) is 38.7 Å². The molecule has 33 heavy (non-hydrogen) atoms. The molecule has 1 amide bonds. The molecule has 0 spiro atoms. The van der Waals surface area contributed by atoms with Crippen LogP contribution in [0.5, 0.6) is 11.5 Å². The van der Waals surface area contributed by atoms with Crippen molar-refractivity contribution in [1.82, 2.24) is 4.72 Å². The maximum Gasteiger partial charge on any atom is 0.242 e. The Morgan fingerprint density at radius 1 is 1.00 bits per heavy atom. The minimum absolute atomic E-state index is 0.128. The fourth-order valence-corrected chi connectivity index (χ4v) is 4.62. The Morgan fingerprint density at radius 2 is 1.64 bits per heavy atom. The predicted molar refractivity (Wildman–Crippen MR) is 135 cm³/mol. The number of benzene rings is 2. The number of sulfonamides is 1. The van der Waals surface area contributed by atoms with Crippen LogP contribution in [0, 0.1) is 6.92 Å². The molecule has 182 valence electrons. The number of nitrogens with one attached hydrogen (secondary N) is 2. The average Bonchev–Trinajstić information content (AvgIpc) is 2.79. The SMILES string of the molecule is CCCOc1ccc(NC(=O)C(CCSC)NS(=O)(=O)c2ccc(C)cc2)cc1OCCC. The summed E-state index contributed by atoms with van der Waals surface area (Å²) >= 11 is 1.55. The van der Waals surface area contributed by atoms with E-state index in [0.717, 1.165) is 18.4 Å². The highest BCUT2D eigenvalue weighted by Crippen LogP contribution is 2.31. The van der Waals surface area contributed by atoms with Gasteiger partial charge in [0, 0.05) is 11.8 Å². The monoisotopic (exact) mass is 494 g/mol. The van der Waals surface area contributed by atoms with Crippen LogP contribution in [0.25, 0.3) is 0 Å². The molecule has 0 radical (unpaired) electrons. The fraction of sp³-hybridized carbons (Fsp3) is 0.458. The van der Waals surface area contributed by atoms with Gasteiger partial charge in [0.1, 0.15) is 6.04 Å². The molecule has 0 heterocycles. The molecular formula is C24H34N2O5S2. The van der Waals surface area contributed by atoms with Crippen LogP contribution < -0.4 is 19.5 Å². The van der Waals surface area contributed by atoms with Crippen LogP contribution in [0.3, 0.4) is 0 Å². The van der Waals surface area contributed by atoms with E-state index in [9.17, 15) is 13.2 Å². The van der Waals surface area contributed by atoms with E-state index in [1.807, 2.05) is 27.0 Å². The van der Waals surface area contributed by atoms with Crippen LogP contribution in [-0.2, 0) is 14.8 Å². The van der Waals surface area contributed by atoms with E-state index in [2.05, 4.69) is 10.0 Å². The summed E-state index contributed by atoms with van der Waals surface area (Å²) in [4.78, 5) is 13.2. The molecule has 0 saturated carbocycles. The van der Waals surface area contributed by atoms with Gasteiger partial charge in [0.05, 0.1) is 18.1 Å². The first kappa shape index (κ1) is 27.0. The van der Waals surface area contributed by atoms with E-state index in [1.165, 1.54) is 12.1 Å². The van der Waals surface area contributed by atoms with Crippen LogP contribution in [0.2, 0.25) is 0 Å². The number of amides is 1. The Balaban J connectivity index is 2.20. The van der Waals surface area contributed by atoms with Crippen LogP contribution >= 0.6 is 11.8 Å². The van der Waals surface area contributed by atoms with E-state index in [4.69, 9.17) is 9.47 Å². The van der Waals surface area contributed by atoms with E-state index in [-0.39, 0.29) is 4.90 Å². The molecule has 1 unspecified atom stereocenters. The van der Waals surface area contributed by atoms with Gasteiger partial charge < -0.3 is 14.8 Å². The predicted octanol–water partition coefficient (Wildman–Crippen LogP) is 4.61. The zero-order chi connectivity index (χ0) is 24.3. The molecule has 2 rings (SSSR count). The van der Waals surface area contributed by atoms with Gasteiger partial charge in [0.15, 0.2) is 11.5 Å². The van der Waals surface area contributed by atoms with Crippen molar-refractivity contribution in [2.45, 2.75) is 51.0 Å². The molecule has 9 heteroatoms. The third-order valence-electron chi connectivity index (χ3n) is 4.69. The summed E-state index contributed by atoms with van der Waals surface area (Å²) in [5.41, 5.74) is 1.47. The minimum atomic E-state index is -3.85.